The molecule has 29 heavy (non-hydrogen) atoms. The Hall–Kier alpha value is -3.20. The number of phenols is 1. The highest BCUT2D eigenvalue weighted by atomic mass is 32.1. The van der Waals surface area contributed by atoms with E-state index >= 15 is 0 Å². The minimum Gasteiger partial charge on any atom is -0.502 e. The maximum atomic E-state index is 13.8. The summed E-state index contributed by atoms with van der Waals surface area (Å²) >= 11 is 1.31. The molecule has 1 saturated heterocycles. The van der Waals surface area contributed by atoms with Gasteiger partial charge in [-0.1, -0.05) is 11.3 Å². The molecule has 4 rings (SSSR count). The Balaban J connectivity index is 1.52. The standard InChI is InChI=1S/C20H19FN4O3S/c1-28-15-9-13(8-14(21)18(15)26)19(27)24-17-11-23-20(29-17)12-4-5-22-16(10-12)25-6-2-3-7-25/h4-5,8-11,26H,2-3,6-7H2,1H3,(H,24,27). The first kappa shape index (κ1) is 19.1. The summed E-state index contributed by atoms with van der Waals surface area (Å²) in [6.45, 7) is 2.00. The van der Waals surface area contributed by atoms with E-state index in [0.29, 0.717) is 5.00 Å². The summed E-state index contributed by atoms with van der Waals surface area (Å²) in [4.78, 5) is 23.5. The number of hydrogen-bond acceptors (Lipinski definition) is 7. The van der Waals surface area contributed by atoms with Gasteiger partial charge in [-0.3, -0.25) is 4.79 Å². The molecule has 1 aliphatic rings. The lowest BCUT2D eigenvalue weighted by atomic mass is 10.2. The van der Waals surface area contributed by atoms with Crippen LogP contribution in [0, 0.1) is 5.82 Å². The number of benzene rings is 1. The Bertz CT molecular complexity index is 1050. The number of nitrogens with zero attached hydrogens (tertiary/aromatic N) is 3. The Morgan fingerprint density at radius 3 is 2.83 bits per heavy atom. The molecule has 9 heteroatoms. The van der Waals surface area contributed by atoms with Crippen LogP contribution >= 0.6 is 11.3 Å². The summed E-state index contributed by atoms with van der Waals surface area (Å²) in [5, 5.41) is 13.6. The summed E-state index contributed by atoms with van der Waals surface area (Å²) in [7, 11) is 1.29. The lowest BCUT2D eigenvalue weighted by Gasteiger charge is -2.16. The van der Waals surface area contributed by atoms with Gasteiger partial charge in [0.25, 0.3) is 5.91 Å². The third kappa shape index (κ3) is 4.00. The highest BCUT2D eigenvalue weighted by Gasteiger charge is 2.17. The van der Waals surface area contributed by atoms with E-state index in [4.69, 9.17) is 4.74 Å². The van der Waals surface area contributed by atoms with Crippen molar-refractivity contribution in [3.63, 3.8) is 0 Å². The molecule has 0 radical (unpaired) electrons. The number of phenolic OH excluding ortho intramolecular Hbond substituents is 1. The number of carbonyl (C=O) groups excluding carboxylic acids is 1. The molecule has 0 spiro atoms. The highest BCUT2D eigenvalue weighted by molar-refractivity contribution is 7.19. The van der Waals surface area contributed by atoms with Crippen molar-refractivity contribution < 1.29 is 19.0 Å². The quantitative estimate of drug-likeness (QED) is 0.658. The van der Waals surface area contributed by atoms with Gasteiger partial charge in [0.05, 0.1) is 13.3 Å². The van der Waals surface area contributed by atoms with E-state index in [1.807, 2.05) is 12.1 Å². The number of methoxy groups -OCH3 is 1. The van der Waals surface area contributed by atoms with Gasteiger partial charge in [-0.05, 0) is 37.1 Å². The predicted octanol–water partition coefficient (Wildman–Crippen LogP) is 3.91. The largest absolute Gasteiger partial charge is 0.502 e. The minimum absolute atomic E-state index is 0.0346. The zero-order valence-corrected chi connectivity index (χ0v) is 16.5. The molecule has 150 valence electrons. The predicted molar refractivity (Wildman–Crippen MR) is 109 cm³/mol. The van der Waals surface area contributed by atoms with Crippen LogP contribution in [0.1, 0.15) is 23.2 Å². The molecule has 0 saturated carbocycles. The molecule has 7 nitrogen and oxygen atoms in total. The van der Waals surface area contributed by atoms with Crippen LogP contribution in [0.2, 0.25) is 0 Å². The Morgan fingerprint density at radius 1 is 1.28 bits per heavy atom. The number of aromatic hydroxyl groups is 1. The van der Waals surface area contributed by atoms with Crippen LogP contribution in [0.3, 0.4) is 0 Å². The molecule has 0 bridgehead atoms. The molecule has 3 aromatic rings. The molecule has 2 N–H and O–H groups in total. The SMILES string of the molecule is COc1cc(C(=O)Nc2cnc(-c3ccnc(N4CCCC4)c3)s2)cc(F)c1O. The number of nitrogens with one attached hydrogen (secondary N) is 1. The topological polar surface area (TPSA) is 87.6 Å². The van der Waals surface area contributed by atoms with E-state index in [2.05, 4.69) is 20.2 Å². The van der Waals surface area contributed by atoms with E-state index in [1.165, 1.54) is 37.4 Å². The van der Waals surface area contributed by atoms with Gasteiger partial charge in [0.15, 0.2) is 17.3 Å². The molecule has 1 amide bonds. The van der Waals surface area contributed by atoms with Crippen molar-refractivity contribution in [2.24, 2.45) is 0 Å². The number of halogens is 1. The Labute approximate surface area is 170 Å². The molecule has 0 atom stereocenters. The summed E-state index contributed by atoms with van der Waals surface area (Å²) in [6.07, 6.45) is 5.65. The molecular formula is C20H19FN4O3S. The van der Waals surface area contributed by atoms with Crippen molar-refractivity contribution in [2.45, 2.75) is 12.8 Å². The maximum Gasteiger partial charge on any atom is 0.256 e. The van der Waals surface area contributed by atoms with Crippen LogP contribution in [0.5, 0.6) is 11.5 Å². The monoisotopic (exact) mass is 414 g/mol. The van der Waals surface area contributed by atoms with E-state index in [-0.39, 0.29) is 11.3 Å². The summed E-state index contributed by atoms with van der Waals surface area (Å²) in [5.41, 5.74) is 0.956. The van der Waals surface area contributed by atoms with Crippen LogP contribution in [0.25, 0.3) is 10.6 Å². The zero-order valence-electron chi connectivity index (χ0n) is 15.7. The van der Waals surface area contributed by atoms with Gasteiger partial charge in [-0.15, -0.1) is 0 Å². The average Bonchev–Trinajstić information content (AvgIpc) is 3.42. The van der Waals surface area contributed by atoms with Gasteiger partial charge in [0.1, 0.15) is 15.8 Å². The van der Waals surface area contributed by atoms with E-state index in [0.717, 1.165) is 35.5 Å². The number of hydrogen-bond donors (Lipinski definition) is 2. The molecule has 1 aromatic carbocycles. The Morgan fingerprint density at radius 2 is 2.07 bits per heavy atom. The smallest absolute Gasteiger partial charge is 0.256 e. The summed E-state index contributed by atoms with van der Waals surface area (Å²) < 4.78 is 18.7. The molecule has 0 aliphatic carbocycles. The molecule has 2 aromatic heterocycles. The van der Waals surface area contributed by atoms with Gasteiger partial charge >= 0.3 is 0 Å². The first-order valence-electron chi connectivity index (χ1n) is 9.10. The zero-order chi connectivity index (χ0) is 20.4. The van der Waals surface area contributed by atoms with Crippen LogP contribution in [0.4, 0.5) is 15.2 Å². The van der Waals surface area contributed by atoms with Crippen molar-refractivity contribution in [2.75, 3.05) is 30.4 Å². The number of aromatic nitrogens is 2. The third-order valence-electron chi connectivity index (χ3n) is 4.68. The second kappa shape index (κ2) is 8.04. The number of rotatable bonds is 5. The summed E-state index contributed by atoms with van der Waals surface area (Å²) in [6, 6.07) is 6.11. The molecule has 3 heterocycles. The number of ether oxygens (including phenoxy) is 1. The number of anilines is 2. The molecule has 1 fully saturated rings. The van der Waals surface area contributed by atoms with Crippen molar-refractivity contribution in [1.29, 1.82) is 0 Å². The van der Waals surface area contributed by atoms with Crippen LogP contribution < -0.4 is 15.0 Å². The summed E-state index contributed by atoms with van der Waals surface area (Å²) in [5.74, 6) is -1.26. The van der Waals surface area contributed by atoms with Crippen LogP contribution in [-0.2, 0) is 0 Å². The van der Waals surface area contributed by atoms with Crippen molar-refractivity contribution in [3.05, 3.63) is 48.0 Å². The van der Waals surface area contributed by atoms with Gasteiger partial charge in [0.2, 0.25) is 0 Å². The van der Waals surface area contributed by atoms with Crippen molar-refractivity contribution in [1.82, 2.24) is 9.97 Å². The van der Waals surface area contributed by atoms with E-state index in [9.17, 15) is 14.3 Å². The third-order valence-corrected chi connectivity index (χ3v) is 5.64. The highest BCUT2D eigenvalue weighted by Crippen LogP contribution is 2.33. The van der Waals surface area contributed by atoms with Gasteiger partial charge in [-0.25, -0.2) is 14.4 Å². The van der Waals surface area contributed by atoms with Crippen LogP contribution in [0.15, 0.2) is 36.7 Å². The fourth-order valence-corrected chi connectivity index (χ4v) is 3.99. The Kier molecular flexibility index (Phi) is 5.30. The van der Waals surface area contributed by atoms with E-state index in [1.54, 1.807) is 12.4 Å². The fraction of sp³-hybridized carbons (Fsp3) is 0.250. The number of thiazole rings is 1. The first-order chi connectivity index (χ1) is 14.0. The second-order valence-corrected chi connectivity index (χ2v) is 7.62. The van der Waals surface area contributed by atoms with Gasteiger partial charge in [0, 0.05) is 30.4 Å². The average molecular weight is 414 g/mol. The normalized spacial score (nSPS) is 13.5. The lowest BCUT2D eigenvalue weighted by Crippen LogP contribution is -2.18. The van der Waals surface area contributed by atoms with Crippen LogP contribution in [-0.4, -0.2) is 41.2 Å². The van der Waals surface area contributed by atoms with E-state index < -0.39 is 17.5 Å². The minimum atomic E-state index is -0.925. The van der Waals surface area contributed by atoms with Crippen molar-refractivity contribution >= 4 is 28.1 Å². The van der Waals surface area contributed by atoms with Gasteiger partial charge < -0.3 is 20.1 Å². The first-order valence-corrected chi connectivity index (χ1v) is 9.92. The number of carbonyl (C=O) groups is 1. The molecule has 1 aliphatic heterocycles. The second-order valence-electron chi connectivity index (χ2n) is 6.59. The lowest BCUT2D eigenvalue weighted by molar-refractivity contribution is 0.102. The van der Waals surface area contributed by atoms with Crippen molar-refractivity contribution in [3.8, 4) is 22.1 Å². The molecule has 0 unspecified atom stereocenters. The maximum absolute atomic E-state index is 13.8. The molecular weight excluding hydrogens is 395 g/mol. The number of pyridine rings is 1. The fourth-order valence-electron chi connectivity index (χ4n) is 3.18. The number of amides is 1. The van der Waals surface area contributed by atoms with Gasteiger partial charge in [-0.2, -0.15) is 0 Å².